The average molecular weight is 316 g/mol. The molecule has 1 fully saturated rings. The molecule has 5 nitrogen and oxygen atoms in total. The largest absolute Gasteiger partial charge is 0.472 e. The zero-order chi connectivity index (χ0) is 16.2. The lowest BCUT2D eigenvalue weighted by Crippen LogP contribution is -2.26. The zero-order valence-electron chi connectivity index (χ0n) is 12.7. The maximum Gasteiger partial charge on any atom is 0.339 e. The Labute approximate surface area is 133 Å². The molecule has 1 aliphatic rings. The normalized spacial score (nSPS) is 17.1. The summed E-state index contributed by atoms with van der Waals surface area (Å²) in [5.74, 6) is -0.345. The number of anilines is 1. The number of carbonyl (C=O) groups is 1. The summed E-state index contributed by atoms with van der Waals surface area (Å²) in [6.45, 7) is 1.40. The lowest BCUT2D eigenvalue weighted by atomic mass is 10.1. The van der Waals surface area contributed by atoms with Crippen LogP contribution in [0.5, 0.6) is 5.88 Å². The molecule has 3 rings (SSSR count). The molecule has 1 aromatic heterocycles. The molecule has 6 heteroatoms. The highest BCUT2D eigenvalue weighted by atomic mass is 19.1. The van der Waals surface area contributed by atoms with Crippen molar-refractivity contribution in [3.63, 3.8) is 0 Å². The third-order valence-electron chi connectivity index (χ3n) is 3.78. The molecule has 2 heterocycles. The molecule has 1 unspecified atom stereocenters. The van der Waals surface area contributed by atoms with Crippen molar-refractivity contribution < 1.29 is 18.7 Å². The first kappa shape index (κ1) is 15.3. The second kappa shape index (κ2) is 6.64. The van der Waals surface area contributed by atoms with Crippen LogP contribution in [0.15, 0.2) is 42.6 Å². The zero-order valence-corrected chi connectivity index (χ0v) is 12.7. The van der Waals surface area contributed by atoms with Crippen LogP contribution in [0, 0.1) is 5.82 Å². The van der Waals surface area contributed by atoms with Gasteiger partial charge in [-0.05, 0) is 18.2 Å². The van der Waals surface area contributed by atoms with E-state index in [2.05, 4.69) is 9.88 Å². The van der Waals surface area contributed by atoms with Crippen LogP contribution in [0.1, 0.15) is 16.8 Å². The van der Waals surface area contributed by atoms with Crippen molar-refractivity contribution in [2.75, 3.05) is 25.1 Å². The fourth-order valence-corrected chi connectivity index (χ4v) is 2.68. The number of rotatable bonds is 4. The molecule has 0 amide bonds. The Morgan fingerprint density at radius 3 is 2.87 bits per heavy atom. The van der Waals surface area contributed by atoms with Gasteiger partial charge in [-0.2, -0.15) is 0 Å². The van der Waals surface area contributed by atoms with E-state index in [4.69, 9.17) is 9.47 Å². The monoisotopic (exact) mass is 316 g/mol. The van der Waals surface area contributed by atoms with Crippen LogP contribution in [-0.4, -0.2) is 37.3 Å². The number of aromatic nitrogens is 1. The van der Waals surface area contributed by atoms with Crippen molar-refractivity contribution in [2.24, 2.45) is 0 Å². The van der Waals surface area contributed by atoms with Gasteiger partial charge in [0.15, 0.2) is 0 Å². The number of ether oxygens (including phenoxy) is 2. The first-order valence-electron chi connectivity index (χ1n) is 7.38. The molecule has 2 aromatic rings. The molecule has 1 aromatic carbocycles. The number of methoxy groups -OCH3 is 1. The maximum absolute atomic E-state index is 12.9. The van der Waals surface area contributed by atoms with Gasteiger partial charge in [0.05, 0.1) is 31.1 Å². The first-order chi connectivity index (χ1) is 11.2. The fraction of sp³-hybridized carbons (Fsp3) is 0.294. The van der Waals surface area contributed by atoms with Gasteiger partial charge in [-0.3, -0.25) is 0 Å². The van der Waals surface area contributed by atoms with E-state index < -0.39 is 5.82 Å². The number of halogens is 1. The van der Waals surface area contributed by atoms with Gasteiger partial charge < -0.3 is 14.4 Å². The minimum absolute atomic E-state index is 0.0568. The minimum Gasteiger partial charge on any atom is -0.472 e. The van der Waals surface area contributed by atoms with Crippen LogP contribution in [-0.2, 0) is 4.74 Å². The van der Waals surface area contributed by atoms with Crippen LogP contribution in [0.4, 0.5) is 10.1 Å². The Bertz CT molecular complexity index is 690. The smallest absolute Gasteiger partial charge is 0.339 e. The molecule has 23 heavy (non-hydrogen) atoms. The number of nitrogens with zero attached hydrogens (tertiary/aromatic N) is 2. The molecule has 0 bridgehead atoms. The van der Waals surface area contributed by atoms with Crippen molar-refractivity contribution in [1.29, 1.82) is 0 Å². The standard InChI is InChI=1S/C17H17FN2O3/c1-22-17(21)14-4-2-3-5-15(14)20-9-8-13(11-20)23-16-7-6-12(18)10-19-16/h2-7,10,13H,8-9,11H2,1H3. The van der Waals surface area contributed by atoms with E-state index in [0.717, 1.165) is 24.8 Å². The SMILES string of the molecule is COC(=O)c1ccccc1N1CCC(Oc2ccc(F)cn2)C1. The third-order valence-corrected chi connectivity index (χ3v) is 3.78. The first-order valence-corrected chi connectivity index (χ1v) is 7.38. The molecular formula is C17H17FN2O3. The quantitative estimate of drug-likeness (QED) is 0.812. The highest BCUT2D eigenvalue weighted by Gasteiger charge is 2.27. The minimum atomic E-state index is -0.391. The van der Waals surface area contributed by atoms with Gasteiger partial charge in [0.2, 0.25) is 5.88 Å². The van der Waals surface area contributed by atoms with Crippen molar-refractivity contribution in [1.82, 2.24) is 4.98 Å². The summed E-state index contributed by atoms with van der Waals surface area (Å²) < 4.78 is 23.5. The van der Waals surface area contributed by atoms with Crippen molar-refractivity contribution in [3.05, 3.63) is 54.0 Å². The van der Waals surface area contributed by atoms with Gasteiger partial charge in [0.25, 0.3) is 0 Å². The van der Waals surface area contributed by atoms with Crippen LogP contribution in [0.3, 0.4) is 0 Å². The summed E-state index contributed by atoms with van der Waals surface area (Å²) >= 11 is 0. The number of carbonyl (C=O) groups excluding carboxylic acids is 1. The van der Waals surface area contributed by atoms with Crippen molar-refractivity contribution in [3.8, 4) is 5.88 Å². The van der Waals surface area contributed by atoms with E-state index in [-0.39, 0.29) is 12.1 Å². The summed E-state index contributed by atoms with van der Waals surface area (Å²) in [6.07, 6.45) is 1.88. The third kappa shape index (κ3) is 3.41. The van der Waals surface area contributed by atoms with Gasteiger partial charge in [-0.1, -0.05) is 12.1 Å². The topological polar surface area (TPSA) is 51.7 Å². The van der Waals surface area contributed by atoms with Crippen LogP contribution in [0.2, 0.25) is 0 Å². The van der Waals surface area contributed by atoms with Crippen molar-refractivity contribution in [2.45, 2.75) is 12.5 Å². The Morgan fingerprint density at radius 1 is 1.30 bits per heavy atom. The predicted octanol–water partition coefficient (Wildman–Crippen LogP) is 2.67. The molecule has 0 radical (unpaired) electrons. The fourth-order valence-electron chi connectivity index (χ4n) is 2.68. The highest BCUT2D eigenvalue weighted by Crippen LogP contribution is 2.26. The molecule has 0 N–H and O–H groups in total. The second-order valence-corrected chi connectivity index (χ2v) is 5.30. The van der Waals surface area contributed by atoms with Crippen LogP contribution >= 0.6 is 0 Å². The highest BCUT2D eigenvalue weighted by molar-refractivity contribution is 5.95. The molecule has 1 aliphatic heterocycles. The summed E-state index contributed by atoms with van der Waals surface area (Å²) in [7, 11) is 1.37. The van der Waals surface area contributed by atoms with E-state index >= 15 is 0 Å². The van der Waals surface area contributed by atoms with Crippen molar-refractivity contribution >= 4 is 11.7 Å². The molecule has 0 saturated carbocycles. The number of hydrogen-bond acceptors (Lipinski definition) is 5. The van der Waals surface area contributed by atoms with Gasteiger partial charge in [0, 0.05) is 19.0 Å². The molecule has 0 aliphatic carbocycles. The van der Waals surface area contributed by atoms with Gasteiger partial charge in [-0.25, -0.2) is 14.2 Å². The number of para-hydroxylation sites is 1. The average Bonchev–Trinajstić information content (AvgIpc) is 3.04. The number of hydrogen-bond donors (Lipinski definition) is 0. The molecule has 1 atom stereocenters. The molecular weight excluding hydrogens is 299 g/mol. The van der Waals surface area contributed by atoms with E-state index in [9.17, 15) is 9.18 Å². The molecule has 120 valence electrons. The second-order valence-electron chi connectivity index (χ2n) is 5.30. The Hall–Kier alpha value is -2.63. The number of benzene rings is 1. The maximum atomic E-state index is 12.9. The lowest BCUT2D eigenvalue weighted by molar-refractivity contribution is 0.0601. The Balaban J connectivity index is 1.70. The van der Waals surface area contributed by atoms with Gasteiger partial charge in [-0.15, -0.1) is 0 Å². The summed E-state index contributed by atoms with van der Waals surface area (Å²) in [5.41, 5.74) is 1.37. The predicted molar refractivity (Wildman–Crippen MR) is 83.2 cm³/mol. The Morgan fingerprint density at radius 2 is 2.13 bits per heavy atom. The number of esters is 1. The van der Waals surface area contributed by atoms with Crippen LogP contribution < -0.4 is 9.64 Å². The lowest BCUT2D eigenvalue weighted by Gasteiger charge is -2.21. The van der Waals surface area contributed by atoms with Crippen LogP contribution in [0.25, 0.3) is 0 Å². The number of pyridine rings is 1. The molecule has 1 saturated heterocycles. The van der Waals surface area contributed by atoms with E-state index in [1.54, 1.807) is 6.07 Å². The summed E-state index contributed by atoms with van der Waals surface area (Å²) in [5, 5.41) is 0. The van der Waals surface area contributed by atoms with E-state index in [0.29, 0.717) is 18.0 Å². The van der Waals surface area contributed by atoms with Gasteiger partial charge >= 0.3 is 5.97 Å². The summed E-state index contributed by atoms with van der Waals surface area (Å²) in [4.78, 5) is 17.9. The van der Waals surface area contributed by atoms with E-state index in [1.807, 2.05) is 18.2 Å². The molecule has 0 spiro atoms. The summed E-state index contributed by atoms with van der Waals surface area (Å²) in [6, 6.07) is 10.2. The Kier molecular flexibility index (Phi) is 4.41. The van der Waals surface area contributed by atoms with E-state index in [1.165, 1.54) is 19.2 Å². The van der Waals surface area contributed by atoms with Gasteiger partial charge in [0.1, 0.15) is 11.9 Å².